The number of nitrogens with one attached hydrogen (secondary N) is 1. The van der Waals surface area contributed by atoms with Gasteiger partial charge in [0.2, 0.25) is 15.9 Å². The number of benzene rings is 1. The van der Waals surface area contributed by atoms with E-state index in [1.54, 1.807) is 40.9 Å². The molecule has 6 nitrogen and oxygen atoms in total. The number of carbonyl (C=O) groups is 1. The second kappa shape index (κ2) is 9.78. The fourth-order valence-electron chi connectivity index (χ4n) is 2.65. The highest BCUT2D eigenvalue weighted by Gasteiger charge is 2.32. The van der Waals surface area contributed by atoms with Crippen molar-refractivity contribution in [1.29, 1.82) is 0 Å². The Bertz CT molecular complexity index is 668. The summed E-state index contributed by atoms with van der Waals surface area (Å²) in [4.78, 5) is 14.5. The van der Waals surface area contributed by atoms with E-state index in [0.29, 0.717) is 25.3 Å². The Morgan fingerprint density at radius 3 is 2.56 bits per heavy atom. The minimum absolute atomic E-state index is 0. The smallest absolute Gasteiger partial charge is 0.241 e. The number of nitrogens with two attached hydrogens (primary N) is 1. The molecule has 1 aromatic rings. The molecule has 1 amide bonds. The summed E-state index contributed by atoms with van der Waals surface area (Å²) < 4.78 is 27.8. The fourth-order valence-corrected chi connectivity index (χ4v) is 4.34. The molecule has 9 heteroatoms. The van der Waals surface area contributed by atoms with E-state index in [1.165, 1.54) is 0 Å². The van der Waals surface area contributed by atoms with Crippen LogP contribution in [-0.2, 0) is 14.8 Å². The lowest BCUT2D eigenvalue weighted by Crippen LogP contribution is -2.48. The predicted molar refractivity (Wildman–Crippen MR) is 105 cm³/mol. The van der Waals surface area contributed by atoms with Crippen LogP contribution in [0.25, 0.3) is 0 Å². The topological polar surface area (TPSA) is 92.5 Å². The van der Waals surface area contributed by atoms with Gasteiger partial charge in [0.25, 0.3) is 0 Å². The van der Waals surface area contributed by atoms with E-state index >= 15 is 0 Å². The van der Waals surface area contributed by atoms with Crippen molar-refractivity contribution in [2.75, 3.05) is 25.1 Å². The van der Waals surface area contributed by atoms with Crippen LogP contribution < -0.4 is 10.5 Å². The highest BCUT2D eigenvalue weighted by atomic mass is 35.5. The van der Waals surface area contributed by atoms with Crippen LogP contribution in [-0.4, -0.2) is 56.4 Å². The molecular formula is C16H26ClN3O3S2. The standard InChI is InChI=1S/C16H25N3O3S2.ClH/c1-12-3-5-14(6-4-12)24(21,22)18-15(8-10-23-2)16(20)19-9-7-13(17)11-19;/h3-6,13,15,18H,7-11,17H2,1-2H3;1H/t13-,15?;/m1./s1. The summed E-state index contributed by atoms with van der Waals surface area (Å²) in [7, 11) is -3.73. The SMILES string of the molecule is CSCCC(NS(=O)(=O)c1ccc(C)cc1)C(=O)N1CC[C@@H](N)C1.Cl. The molecular weight excluding hydrogens is 382 g/mol. The van der Waals surface area contributed by atoms with Crippen molar-refractivity contribution in [1.82, 2.24) is 9.62 Å². The second-order valence-electron chi connectivity index (χ2n) is 6.10. The van der Waals surface area contributed by atoms with E-state index in [2.05, 4.69) is 4.72 Å². The zero-order chi connectivity index (χ0) is 17.7. The van der Waals surface area contributed by atoms with Gasteiger partial charge in [0.1, 0.15) is 6.04 Å². The van der Waals surface area contributed by atoms with Gasteiger partial charge in [-0.05, 0) is 43.9 Å². The van der Waals surface area contributed by atoms with Gasteiger partial charge in [-0.2, -0.15) is 16.5 Å². The molecule has 1 aliphatic rings. The summed E-state index contributed by atoms with van der Waals surface area (Å²) in [5, 5.41) is 0. The Kier molecular flexibility index (Phi) is 8.70. The first-order valence-corrected chi connectivity index (χ1v) is 10.8. The van der Waals surface area contributed by atoms with Crippen LogP contribution in [0.4, 0.5) is 0 Å². The number of halogens is 1. The van der Waals surface area contributed by atoms with E-state index in [9.17, 15) is 13.2 Å². The van der Waals surface area contributed by atoms with Crippen LogP contribution in [0.2, 0.25) is 0 Å². The van der Waals surface area contributed by atoms with Crippen LogP contribution >= 0.6 is 24.2 Å². The fraction of sp³-hybridized carbons (Fsp3) is 0.562. The summed E-state index contributed by atoms with van der Waals surface area (Å²) in [6.45, 7) is 2.97. The third-order valence-corrected chi connectivity index (χ3v) is 6.21. The number of aryl methyl sites for hydroxylation is 1. The summed E-state index contributed by atoms with van der Waals surface area (Å²) in [6, 6.07) is 5.82. The number of likely N-dealkylation sites (tertiary alicyclic amines) is 1. The molecule has 1 fully saturated rings. The molecule has 0 radical (unpaired) electrons. The molecule has 0 aliphatic carbocycles. The first-order chi connectivity index (χ1) is 11.3. The minimum Gasteiger partial charge on any atom is -0.340 e. The number of hydrogen-bond acceptors (Lipinski definition) is 5. The third kappa shape index (κ3) is 6.14. The molecule has 1 aromatic carbocycles. The second-order valence-corrected chi connectivity index (χ2v) is 8.80. The normalized spacial score (nSPS) is 18.7. The maximum atomic E-state index is 12.7. The number of thioether (sulfide) groups is 1. The minimum atomic E-state index is -3.73. The lowest BCUT2D eigenvalue weighted by atomic mass is 10.2. The molecule has 0 aromatic heterocycles. The summed E-state index contributed by atoms with van der Waals surface area (Å²) >= 11 is 1.58. The Labute approximate surface area is 160 Å². The van der Waals surface area contributed by atoms with E-state index in [4.69, 9.17) is 5.73 Å². The first-order valence-electron chi connectivity index (χ1n) is 7.96. The van der Waals surface area contributed by atoms with Gasteiger partial charge >= 0.3 is 0 Å². The number of sulfonamides is 1. The van der Waals surface area contributed by atoms with Gasteiger partial charge < -0.3 is 10.6 Å². The third-order valence-electron chi connectivity index (χ3n) is 4.07. The van der Waals surface area contributed by atoms with Gasteiger partial charge in [0.05, 0.1) is 4.90 Å². The zero-order valence-electron chi connectivity index (χ0n) is 14.5. The van der Waals surface area contributed by atoms with E-state index in [-0.39, 0.29) is 29.3 Å². The molecule has 25 heavy (non-hydrogen) atoms. The highest BCUT2D eigenvalue weighted by molar-refractivity contribution is 7.98. The Morgan fingerprint density at radius 1 is 1.40 bits per heavy atom. The molecule has 2 rings (SSSR count). The molecule has 1 aliphatic heterocycles. The predicted octanol–water partition coefficient (Wildman–Crippen LogP) is 1.38. The van der Waals surface area contributed by atoms with E-state index < -0.39 is 16.1 Å². The van der Waals surface area contributed by atoms with E-state index in [1.807, 2.05) is 13.2 Å². The number of amides is 1. The highest BCUT2D eigenvalue weighted by Crippen LogP contribution is 2.15. The molecule has 0 bridgehead atoms. The van der Waals surface area contributed by atoms with Gasteiger partial charge in [-0.25, -0.2) is 8.42 Å². The van der Waals surface area contributed by atoms with Gasteiger partial charge in [-0.3, -0.25) is 4.79 Å². The summed E-state index contributed by atoms with van der Waals surface area (Å²) in [5.74, 6) is 0.514. The Hall–Kier alpha value is -0.800. The van der Waals surface area contributed by atoms with E-state index in [0.717, 1.165) is 12.0 Å². The van der Waals surface area contributed by atoms with Crippen LogP contribution in [0.3, 0.4) is 0 Å². The monoisotopic (exact) mass is 407 g/mol. The average Bonchev–Trinajstić information content (AvgIpc) is 2.97. The van der Waals surface area contributed by atoms with Crippen LogP contribution in [0.1, 0.15) is 18.4 Å². The number of rotatable bonds is 7. The molecule has 1 unspecified atom stereocenters. The zero-order valence-corrected chi connectivity index (χ0v) is 16.9. The summed E-state index contributed by atoms with van der Waals surface area (Å²) in [5.41, 5.74) is 6.84. The van der Waals surface area contributed by atoms with Gasteiger partial charge in [0, 0.05) is 19.1 Å². The average molecular weight is 408 g/mol. The van der Waals surface area contributed by atoms with Crippen molar-refractivity contribution < 1.29 is 13.2 Å². The number of carbonyl (C=O) groups excluding carboxylic acids is 1. The molecule has 0 saturated carbocycles. The summed E-state index contributed by atoms with van der Waals surface area (Å²) in [6.07, 6.45) is 3.14. The number of hydrogen-bond donors (Lipinski definition) is 2. The molecule has 3 N–H and O–H groups in total. The maximum absolute atomic E-state index is 12.7. The quantitative estimate of drug-likeness (QED) is 0.712. The lowest BCUT2D eigenvalue weighted by Gasteiger charge is -2.24. The Morgan fingerprint density at radius 2 is 2.04 bits per heavy atom. The number of nitrogens with zero attached hydrogens (tertiary/aromatic N) is 1. The maximum Gasteiger partial charge on any atom is 0.241 e. The molecule has 1 saturated heterocycles. The molecule has 0 spiro atoms. The van der Waals surface area contributed by atoms with Crippen LogP contribution in [0, 0.1) is 6.92 Å². The van der Waals surface area contributed by atoms with Crippen molar-refractivity contribution >= 4 is 40.1 Å². The Balaban J connectivity index is 0.00000312. The van der Waals surface area contributed by atoms with Crippen molar-refractivity contribution in [2.24, 2.45) is 5.73 Å². The largest absolute Gasteiger partial charge is 0.340 e. The van der Waals surface area contributed by atoms with Gasteiger partial charge in [0.15, 0.2) is 0 Å². The first kappa shape index (κ1) is 22.2. The molecule has 1 heterocycles. The van der Waals surface area contributed by atoms with Crippen molar-refractivity contribution in [3.05, 3.63) is 29.8 Å². The van der Waals surface area contributed by atoms with Crippen molar-refractivity contribution in [2.45, 2.75) is 36.7 Å². The van der Waals surface area contributed by atoms with Crippen LogP contribution in [0.5, 0.6) is 0 Å². The van der Waals surface area contributed by atoms with Crippen molar-refractivity contribution in [3.63, 3.8) is 0 Å². The van der Waals surface area contributed by atoms with Crippen molar-refractivity contribution in [3.8, 4) is 0 Å². The van der Waals surface area contributed by atoms with Gasteiger partial charge in [-0.1, -0.05) is 17.7 Å². The molecule has 142 valence electrons. The lowest BCUT2D eigenvalue weighted by molar-refractivity contribution is -0.132. The van der Waals surface area contributed by atoms with Gasteiger partial charge in [-0.15, -0.1) is 12.4 Å². The molecule has 2 atom stereocenters. The van der Waals surface area contributed by atoms with Crippen LogP contribution in [0.15, 0.2) is 29.2 Å².